The van der Waals surface area contributed by atoms with Crippen molar-refractivity contribution in [2.45, 2.75) is 26.5 Å². The van der Waals surface area contributed by atoms with Gasteiger partial charge in [0.05, 0.1) is 23.2 Å². The summed E-state index contributed by atoms with van der Waals surface area (Å²) in [6, 6.07) is 8.16. The Bertz CT molecular complexity index is 1740. The van der Waals surface area contributed by atoms with Gasteiger partial charge in [-0.15, -0.1) is 6.42 Å². The van der Waals surface area contributed by atoms with Crippen LogP contribution >= 0.6 is 0 Å². The molecule has 1 aromatic carbocycles. The summed E-state index contributed by atoms with van der Waals surface area (Å²) >= 11 is 0. The predicted molar refractivity (Wildman–Crippen MR) is 135 cm³/mol. The fourth-order valence-electron chi connectivity index (χ4n) is 4.55. The third-order valence-electron chi connectivity index (χ3n) is 6.10. The lowest BCUT2D eigenvalue weighted by molar-refractivity contribution is 0.207. The SMILES string of the molecule is C#Cc1cc2c(cn1)-c1c(-c3ccc(Oc4nccc(C)n4)c(F)c3)c3c(N)ncnc3n1C[C@H](C)O2. The minimum Gasteiger partial charge on any atom is -0.488 e. The molecule has 0 spiro atoms. The second kappa shape index (κ2) is 8.57. The lowest BCUT2D eigenvalue weighted by Gasteiger charge is -2.13. The van der Waals surface area contributed by atoms with Crippen LogP contribution in [0.25, 0.3) is 33.4 Å². The van der Waals surface area contributed by atoms with Crippen LogP contribution in [0.2, 0.25) is 0 Å². The van der Waals surface area contributed by atoms with Crippen LogP contribution in [0.1, 0.15) is 18.3 Å². The van der Waals surface area contributed by atoms with Crippen molar-refractivity contribution in [2.24, 2.45) is 0 Å². The number of nitrogen functional groups attached to an aromatic ring is 1. The number of benzene rings is 1. The molecule has 0 amide bonds. The molecular formula is C27H20FN7O2. The van der Waals surface area contributed by atoms with Crippen molar-refractivity contribution in [2.75, 3.05) is 5.73 Å². The van der Waals surface area contributed by atoms with Gasteiger partial charge in [0.25, 0.3) is 0 Å². The summed E-state index contributed by atoms with van der Waals surface area (Å²) in [5.74, 6) is 2.79. The summed E-state index contributed by atoms with van der Waals surface area (Å²) in [6.07, 6.45) is 9.98. The van der Waals surface area contributed by atoms with E-state index >= 15 is 4.39 Å². The Balaban J connectivity index is 1.58. The number of hydrogen-bond acceptors (Lipinski definition) is 8. The number of hydrogen-bond donors (Lipinski definition) is 1. The molecule has 10 heteroatoms. The smallest absolute Gasteiger partial charge is 0.322 e. The molecule has 182 valence electrons. The first kappa shape index (κ1) is 22.4. The summed E-state index contributed by atoms with van der Waals surface area (Å²) in [6.45, 7) is 4.22. The van der Waals surface area contributed by atoms with Gasteiger partial charge >= 0.3 is 6.01 Å². The zero-order chi connectivity index (χ0) is 25.7. The third kappa shape index (κ3) is 3.77. The first-order valence-electron chi connectivity index (χ1n) is 11.5. The molecule has 0 radical (unpaired) electrons. The average molecular weight is 494 g/mol. The Labute approximate surface area is 211 Å². The first-order valence-corrected chi connectivity index (χ1v) is 11.5. The largest absolute Gasteiger partial charge is 0.488 e. The summed E-state index contributed by atoms with van der Waals surface area (Å²) in [5.41, 5.74) is 10.7. The van der Waals surface area contributed by atoms with Crippen LogP contribution < -0.4 is 15.2 Å². The zero-order valence-corrected chi connectivity index (χ0v) is 19.9. The van der Waals surface area contributed by atoms with Gasteiger partial charge in [0.1, 0.15) is 35.3 Å². The van der Waals surface area contributed by atoms with Gasteiger partial charge in [-0.2, -0.15) is 0 Å². The molecule has 0 aliphatic carbocycles. The van der Waals surface area contributed by atoms with Crippen LogP contribution in [0.5, 0.6) is 17.5 Å². The minimum atomic E-state index is -0.592. The lowest BCUT2D eigenvalue weighted by atomic mass is 9.98. The number of nitrogens with zero attached hydrogens (tertiary/aromatic N) is 6. The van der Waals surface area contributed by atoms with Gasteiger partial charge in [0.15, 0.2) is 11.6 Å². The topological polar surface area (TPSA) is 114 Å². The number of aryl methyl sites for hydroxylation is 1. The number of rotatable bonds is 3. The third-order valence-corrected chi connectivity index (χ3v) is 6.10. The maximum absolute atomic E-state index is 15.4. The van der Waals surface area contributed by atoms with Crippen LogP contribution in [-0.2, 0) is 6.54 Å². The molecule has 0 saturated heterocycles. The van der Waals surface area contributed by atoms with Gasteiger partial charge in [-0.3, -0.25) is 0 Å². The van der Waals surface area contributed by atoms with Crippen molar-refractivity contribution in [3.63, 3.8) is 0 Å². The Morgan fingerprint density at radius 1 is 1.19 bits per heavy atom. The summed E-state index contributed by atoms with van der Waals surface area (Å²) in [7, 11) is 0. The average Bonchev–Trinajstić information content (AvgIpc) is 3.12. The molecule has 1 aliphatic heterocycles. The van der Waals surface area contributed by atoms with Crippen LogP contribution in [0.15, 0.2) is 49.1 Å². The van der Waals surface area contributed by atoms with Gasteiger partial charge < -0.3 is 19.8 Å². The van der Waals surface area contributed by atoms with E-state index in [1.165, 1.54) is 18.5 Å². The van der Waals surface area contributed by atoms with Crippen molar-refractivity contribution in [1.29, 1.82) is 0 Å². The molecule has 0 bridgehead atoms. The van der Waals surface area contributed by atoms with Crippen LogP contribution in [0, 0.1) is 25.1 Å². The van der Waals surface area contributed by atoms with E-state index in [2.05, 4.69) is 30.8 Å². The molecule has 1 atom stereocenters. The molecule has 1 aliphatic rings. The molecule has 0 fully saturated rings. The number of anilines is 1. The Morgan fingerprint density at radius 3 is 2.84 bits per heavy atom. The van der Waals surface area contributed by atoms with Crippen LogP contribution in [-0.4, -0.2) is 35.6 Å². The maximum Gasteiger partial charge on any atom is 0.322 e. The van der Waals surface area contributed by atoms with Crippen LogP contribution in [0.3, 0.4) is 0 Å². The van der Waals surface area contributed by atoms with E-state index in [1.54, 1.807) is 37.5 Å². The van der Waals surface area contributed by atoms with Crippen molar-refractivity contribution < 1.29 is 13.9 Å². The number of terminal acetylenes is 1. The number of halogens is 1. The second-order valence-electron chi connectivity index (χ2n) is 8.66. The van der Waals surface area contributed by atoms with Crippen molar-refractivity contribution in [1.82, 2.24) is 29.5 Å². The van der Waals surface area contributed by atoms with Gasteiger partial charge in [0, 0.05) is 29.7 Å². The fraction of sp³-hybridized carbons (Fsp3) is 0.148. The molecule has 37 heavy (non-hydrogen) atoms. The van der Waals surface area contributed by atoms with Gasteiger partial charge in [-0.05, 0) is 37.6 Å². The monoisotopic (exact) mass is 493 g/mol. The first-order chi connectivity index (χ1) is 17.9. The minimum absolute atomic E-state index is 0.00846. The highest BCUT2D eigenvalue weighted by atomic mass is 19.1. The van der Waals surface area contributed by atoms with E-state index < -0.39 is 5.82 Å². The van der Waals surface area contributed by atoms with E-state index in [-0.39, 0.29) is 23.7 Å². The maximum atomic E-state index is 15.4. The molecule has 6 rings (SSSR count). The predicted octanol–water partition coefficient (Wildman–Crippen LogP) is 4.53. The van der Waals surface area contributed by atoms with Gasteiger partial charge in [0.2, 0.25) is 0 Å². The normalized spacial score (nSPS) is 14.3. The number of pyridine rings is 1. The molecule has 5 heterocycles. The molecule has 4 aromatic heterocycles. The molecule has 2 N–H and O–H groups in total. The van der Waals surface area contributed by atoms with Crippen molar-refractivity contribution in [3.8, 4) is 52.2 Å². The van der Waals surface area contributed by atoms with E-state index in [1.807, 2.05) is 11.5 Å². The standard InChI is InChI=1S/C27H20FN7O2/c1-4-17-10-21-18(11-31-17)24-22(23-25(29)32-13-33-26(23)35(24)12-15(3)36-21)16-5-6-20(19(28)9-16)37-27-30-8-7-14(2)34-27/h1,5-11,13,15H,12H2,2-3H3,(H2,29,32,33)/t15-/m0/s1. The summed E-state index contributed by atoms with van der Waals surface area (Å²) < 4.78 is 29.2. The number of ether oxygens (including phenoxy) is 2. The van der Waals surface area contributed by atoms with Crippen molar-refractivity contribution in [3.05, 3.63) is 66.3 Å². The van der Waals surface area contributed by atoms with E-state index in [9.17, 15) is 0 Å². The number of nitrogens with two attached hydrogens (primary N) is 1. The molecule has 0 saturated carbocycles. The molecule has 9 nitrogen and oxygen atoms in total. The Morgan fingerprint density at radius 2 is 2.05 bits per heavy atom. The quantitative estimate of drug-likeness (QED) is 0.365. The van der Waals surface area contributed by atoms with Crippen molar-refractivity contribution >= 4 is 16.9 Å². The fourth-order valence-corrected chi connectivity index (χ4v) is 4.55. The number of aromatic nitrogens is 6. The highest BCUT2D eigenvalue weighted by Crippen LogP contribution is 2.47. The second-order valence-corrected chi connectivity index (χ2v) is 8.66. The lowest BCUT2D eigenvalue weighted by Crippen LogP contribution is -2.17. The van der Waals surface area contributed by atoms with Gasteiger partial charge in [-0.1, -0.05) is 12.0 Å². The molecular weight excluding hydrogens is 473 g/mol. The van der Waals surface area contributed by atoms with E-state index in [0.29, 0.717) is 51.4 Å². The van der Waals surface area contributed by atoms with E-state index in [0.717, 1.165) is 5.69 Å². The van der Waals surface area contributed by atoms with E-state index in [4.69, 9.17) is 21.6 Å². The van der Waals surface area contributed by atoms with Crippen LogP contribution in [0.4, 0.5) is 10.2 Å². The molecule has 0 unspecified atom stereocenters. The van der Waals surface area contributed by atoms with Gasteiger partial charge in [-0.25, -0.2) is 29.3 Å². The Hall–Kier alpha value is -5.04. The summed E-state index contributed by atoms with van der Waals surface area (Å²) in [4.78, 5) is 21.3. The highest BCUT2D eigenvalue weighted by Gasteiger charge is 2.30. The summed E-state index contributed by atoms with van der Waals surface area (Å²) in [5, 5.41) is 0.605. The highest BCUT2D eigenvalue weighted by molar-refractivity contribution is 6.08. The Kier molecular flexibility index (Phi) is 5.19. The number of fused-ring (bicyclic) bond motifs is 5. The zero-order valence-electron chi connectivity index (χ0n) is 19.9. The molecule has 5 aromatic rings.